The van der Waals surface area contributed by atoms with Gasteiger partial charge in [-0.3, -0.25) is 0 Å². The number of aromatic amines is 2. The molecule has 0 radical (unpaired) electrons. The topological polar surface area (TPSA) is 61.2 Å². The van der Waals surface area contributed by atoms with Crippen molar-refractivity contribution in [3.63, 3.8) is 0 Å². The lowest BCUT2D eigenvalue weighted by atomic mass is 10.0. The lowest BCUT2D eigenvalue weighted by Gasteiger charge is -2.04. The number of aryl methyl sites for hydroxylation is 1. The van der Waals surface area contributed by atoms with E-state index in [2.05, 4.69) is 113 Å². The highest BCUT2D eigenvalue weighted by atomic mass is 14.9. The van der Waals surface area contributed by atoms with E-state index in [9.17, 15) is 0 Å². The number of hydrogen-bond acceptors (Lipinski definition) is 2. The predicted octanol–water partition coefficient (Wildman–Crippen LogP) is 8.21. The summed E-state index contributed by atoms with van der Waals surface area (Å²) in [6, 6.07) is 35.4. The Labute approximate surface area is 261 Å². The van der Waals surface area contributed by atoms with Crippen LogP contribution in [-0.4, -0.2) is 19.9 Å². The number of nitrogens with one attached hydrogen (secondary N) is 2. The Morgan fingerprint density at radius 1 is 0.533 bits per heavy atom. The number of fused-ring (bicyclic) bond motifs is 8. The molecule has 0 aliphatic carbocycles. The van der Waals surface area contributed by atoms with Crippen molar-refractivity contribution < 1.29 is 4.57 Å². The third-order valence-corrected chi connectivity index (χ3v) is 8.01. The fraction of sp³-hybridized carbons (Fsp3) is 0.0250. The zero-order chi connectivity index (χ0) is 30.2. The Kier molecular flexibility index (Phi) is 6.51. The fourth-order valence-electron chi connectivity index (χ4n) is 5.80. The predicted molar refractivity (Wildman–Crippen MR) is 183 cm³/mol. The number of benzene rings is 2. The maximum Gasteiger partial charge on any atom is 0.169 e. The monoisotopic (exact) mass is 578 g/mol. The first-order valence-electron chi connectivity index (χ1n) is 14.9. The Hall–Kier alpha value is -6.25. The summed E-state index contributed by atoms with van der Waals surface area (Å²) in [5, 5.41) is 0. The number of rotatable bonds is 2. The zero-order valence-corrected chi connectivity index (χ0v) is 24.6. The van der Waals surface area contributed by atoms with Crippen molar-refractivity contribution in [3.8, 4) is 34.1 Å². The molecule has 0 saturated carbocycles. The molecule has 2 N–H and O–H groups in total. The van der Waals surface area contributed by atoms with Crippen LogP contribution >= 0.6 is 0 Å². The van der Waals surface area contributed by atoms with Gasteiger partial charge in [0.1, 0.15) is 7.05 Å². The van der Waals surface area contributed by atoms with Crippen LogP contribution in [0.25, 0.3) is 68.6 Å². The van der Waals surface area contributed by atoms with Gasteiger partial charge in [0.25, 0.3) is 0 Å². The molecule has 0 saturated heterocycles. The molecule has 5 heteroatoms. The van der Waals surface area contributed by atoms with E-state index in [0.717, 1.165) is 78.2 Å². The van der Waals surface area contributed by atoms with E-state index in [1.165, 1.54) is 0 Å². The highest BCUT2D eigenvalue weighted by molar-refractivity contribution is 5.94. The first-order valence-corrected chi connectivity index (χ1v) is 14.9. The van der Waals surface area contributed by atoms with Crippen molar-refractivity contribution in [3.05, 3.63) is 149 Å². The lowest BCUT2D eigenvalue weighted by Crippen LogP contribution is -2.25. The Morgan fingerprint density at radius 2 is 1.02 bits per heavy atom. The second-order valence-electron chi connectivity index (χ2n) is 11.1. The SMILES string of the molecule is C[n+]1ccc(C#Cc2c3nc(c(-c4ccccc4)c4ccc(cc5ccc([nH]5)c(-c5ccccc5)c5nc2C=C5)[nH]4)C=C3)cc1. The van der Waals surface area contributed by atoms with Crippen LogP contribution in [0.15, 0.2) is 116 Å². The van der Waals surface area contributed by atoms with Gasteiger partial charge in [0.05, 0.1) is 28.3 Å². The number of H-pyrrole nitrogens is 2. The molecule has 45 heavy (non-hydrogen) atoms. The first kappa shape index (κ1) is 26.4. The summed E-state index contributed by atoms with van der Waals surface area (Å²) in [6.45, 7) is 0. The molecular formula is C40H28N5+. The minimum atomic E-state index is 0.778. The van der Waals surface area contributed by atoms with E-state index in [1.807, 2.05) is 60.4 Å². The van der Waals surface area contributed by atoms with E-state index in [4.69, 9.17) is 9.97 Å². The van der Waals surface area contributed by atoms with Crippen molar-refractivity contribution in [2.24, 2.45) is 7.05 Å². The second-order valence-corrected chi connectivity index (χ2v) is 11.1. The van der Waals surface area contributed by atoms with Gasteiger partial charge in [-0.15, -0.1) is 0 Å². The molecule has 0 spiro atoms. The van der Waals surface area contributed by atoms with Gasteiger partial charge in [-0.05, 0) is 65.8 Å². The Bertz CT molecular complexity index is 2230. The van der Waals surface area contributed by atoms with Gasteiger partial charge in [-0.2, -0.15) is 0 Å². The van der Waals surface area contributed by atoms with Gasteiger partial charge in [0, 0.05) is 50.9 Å². The molecule has 212 valence electrons. The summed E-state index contributed by atoms with van der Waals surface area (Å²) in [5.41, 5.74) is 13.2. The zero-order valence-electron chi connectivity index (χ0n) is 24.6. The third-order valence-electron chi connectivity index (χ3n) is 8.01. The summed E-state index contributed by atoms with van der Waals surface area (Å²) in [7, 11) is 2.00. The van der Waals surface area contributed by atoms with E-state index < -0.39 is 0 Å². The van der Waals surface area contributed by atoms with Crippen LogP contribution in [0.1, 0.15) is 33.9 Å². The van der Waals surface area contributed by atoms with Crippen molar-refractivity contribution in [2.45, 2.75) is 0 Å². The molecule has 5 nitrogen and oxygen atoms in total. The average molecular weight is 579 g/mol. The average Bonchev–Trinajstić information content (AvgIpc) is 3.90. The van der Waals surface area contributed by atoms with Crippen molar-refractivity contribution in [2.75, 3.05) is 0 Å². The maximum atomic E-state index is 5.20. The number of hydrogen-bond donors (Lipinski definition) is 2. The molecule has 0 fully saturated rings. The molecule has 8 rings (SSSR count). The van der Waals surface area contributed by atoms with Gasteiger partial charge in [-0.25, -0.2) is 14.5 Å². The Balaban J connectivity index is 1.49. The first-order chi connectivity index (χ1) is 22.2. The molecule has 0 unspecified atom stereocenters. The third kappa shape index (κ3) is 5.15. The van der Waals surface area contributed by atoms with Crippen LogP contribution in [0.2, 0.25) is 0 Å². The molecule has 2 aliphatic heterocycles. The van der Waals surface area contributed by atoms with E-state index in [-0.39, 0.29) is 0 Å². The Morgan fingerprint density at radius 3 is 1.53 bits per heavy atom. The molecule has 2 aromatic carbocycles. The summed E-state index contributed by atoms with van der Waals surface area (Å²) < 4.78 is 2.00. The molecule has 2 aliphatic rings. The van der Waals surface area contributed by atoms with E-state index in [1.54, 1.807) is 0 Å². The summed E-state index contributed by atoms with van der Waals surface area (Å²) in [6.07, 6.45) is 12.3. The molecule has 6 aromatic rings. The van der Waals surface area contributed by atoms with Crippen molar-refractivity contribution in [1.29, 1.82) is 0 Å². The van der Waals surface area contributed by atoms with Crippen LogP contribution in [-0.2, 0) is 7.05 Å². The van der Waals surface area contributed by atoms with Crippen LogP contribution < -0.4 is 4.57 Å². The highest BCUT2D eigenvalue weighted by Crippen LogP contribution is 2.33. The largest absolute Gasteiger partial charge is 0.355 e. The molecule has 0 atom stereocenters. The minimum absolute atomic E-state index is 0.778. The van der Waals surface area contributed by atoms with Crippen LogP contribution in [0.4, 0.5) is 0 Å². The molecular weight excluding hydrogens is 550 g/mol. The lowest BCUT2D eigenvalue weighted by molar-refractivity contribution is -0.671. The normalized spacial score (nSPS) is 11.8. The standard InChI is InChI=1S/C40H27N5/c1-45-24-22-27(23-25-45)12-15-32-33-18-20-37(43-33)39(28-8-4-2-5-9-28)35-16-13-30(41-35)26-31-14-17-36(42-31)40(29-10-6-3-7-11-29)38-21-19-34(32)44-38/h2-11,13-14,16-26H,1H3,(H,41,42,43,44)/p+1. The van der Waals surface area contributed by atoms with Crippen LogP contribution in [0.3, 0.4) is 0 Å². The fourth-order valence-corrected chi connectivity index (χ4v) is 5.80. The van der Waals surface area contributed by atoms with Gasteiger partial charge < -0.3 is 9.97 Å². The highest BCUT2D eigenvalue weighted by Gasteiger charge is 2.16. The number of pyridine rings is 1. The van der Waals surface area contributed by atoms with Gasteiger partial charge >= 0.3 is 0 Å². The minimum Gasteiger partial charge on any atom is -0.355 e. The summed E-state index contributed by atoms with van der Waals surface area (Å²) in [5.74, 6) is 6.82. The van der Waals surface area contributed by atoms with Gasteiger partial charge in [0.2, 0.25) is 0 Å². The molecule has 8 bridgehead atoms. The van der Waals surface area contributed by atoms with Crippen molar-refractivity contribution in [1.82, 2.24) is 19.9 Å². The van der Waals surface area contributed by atoms with Crippen molar-refractivity contribution >= 4 is 46.4 Å². The summed E-state index contributed by atoms with van der Waals surface area (Å²) >= 11 is 0. The second kappa shape index (κ2) is 11.1. The quantitative estimate of drug-likeness (QED) is 0.160. The summed E-state index contributed by atoms with van der Waals surface area (Å²) in [4.78, 5) is 17.7. The van der Waals surface area contributed by atoms with E-state index >= 15 is 0 Å². The van der Waals surface area contributed by atoms with Gasteiger partial charge in [-0.1, -0.05) is 72.5 Å². The van der Waals surface area contributed by atoms with Crippen LogP contribution in [0, 0.1) is 11.8 Å². The number of aromatic nitrogens is 5. The van der Waals surface area contributed by atoms with Crippen LogP contribution in [0.5, 0.6) is 0 Å². The molecule has 4 aromatic heterocycles. The van der Waals surface area contributed by atoms with Gasteiger partial charge in [0.15, 0.2) is 12.4 Å². The molecule has 0 amide bonds. The molecule has 6 heterocycles. The number of nitrogens with zero attached hydrogens (tertiary/aromatic N) is 3. The van der Waals surface area contributed by atoms with E-state index in [0.29, 0.717) is 0 Å². The smallest absolute Gasteiger partial charge is 0.169 e. The maximum absolute atomic E-state index is 5.20.